The summed E-state index contributed by atoms with van der Waals surface area (Å²) in [6.45, 7) is 5.46. The number of rotatable bonds is 2. The second-order valence-corrected chi connectivity index (χ2v) is 5.03. The molecule has 0 amide bonds. The molecule has 0 aliphatic carbocycles. The second-order valence-electron chi connectivity index (χ2n) is 5.03. The monoisotopic (exact) mass is 224 g/mol. The van der Waals surface area contributed by atoms with Gasteiger partial charge in [-0.1, -0.05) is 13.8 Å². The van der Waals surface area contributed by atoms with E-state index in [-0.39, 0.29) is 18.0 Å². The third-order valence-corrected chi connectivity index (χ3v) is 3.10. The topological polar surface area (TPSA) is 29.3 Å². The first-order valence-electron chi connectivity index (χ1n) is 5.25. The fourth-order valence-electron chi connectivity index (χ4n) is 1.96. The van der Waals surface area contributed by atoms with E-state index in [9.17, 15) is 13.2 Å². The minimum atomic E-state index is -4.05. The molecular weight excluding hydrogens is 205 g/mol. The number of hydrogen-bond acceptors (Lipinski definition) is 2. The molecule has 1 atom stereocenters. The molecule has 0 aromatic heterocycles. The summed E-state index contributed by atoms with van der Waals surface area (Å²) in [6.07, 6.45) is -3.99. The lowest BCUT2D eigenvalue weighted by atomic mass is 9.80. The normalized spacial score (nSPS) is 28.0. The molecular formula is C10H19F3N2. The van der Waals surface area contributed by atoms with Crippen LogP contribution in [0.4, 0.5) is 13.2 Å². The molecule has 0 saturated carbocycles. The zero-order valence-corrected chi connectivity index (χ0v) is 9.27. The van der Waals surface area contributed by atoms with Crippen molar-refractivity contribution in [2.45, 2.75) is 38.9 Å². The number of nitrogens with zero attached hydrogens (tertiary/aromatic N) is 1. The summed E-state index contributed by atoms with van der Waals surface area (Å²) in [5.74, 6) is 0. The van der Waals surface area contributed by atoms with Gasteiger partial charge in [0.05, 0.1) is 6.42 Å². The number of hydrogen-bond donors (Lipinski definition) is 1. The van der Waals surface area contributed by atoms with Crippen molar-refractivity contribution in [3.8, 4) is 0 Å². The van der Waals surface area contributed by atoms with Crippen LogP contribution >= 0.6 is 0 Å². The van der Waals surface area contributed by atoms with Gasteiger partial charge in [-0.25, -0.2) is 0 Å². The Kier molecular flexibility index (Phi) is 3.66. The fraction of sp³-hybridized carbons (Fsp3) is 1.00. The Hall–Kier alpha value is -0.290. The predicted molar refractivity (Wildman–Crippen MR) is 53.5 cm³/mol. The summed E-state index contributed by atoms with van der Waals surface area (Å²) in [5, 5.41) is 0. The molecule has 5 heteroatoms. The number of alkyl halides is 3. The maximum absolute atomic E-state index is 12.0. The molecule has 1 aliphatic rings. The maximum Gasteiger partial charge on any atom is 0.390 e. The molecule has 1 saturated heterocycles. The van der Waals surface area contributed by atoms with Gasteiger partial charge in [-0.15, -0.1) is 0 Å². The van der Waals surface area contributed by atoms with E-state index < -0.39 is 12.6 Å². The fourth-order valence-corrected chi connectivity index (χ4v) is 1.96. The molecule has 0 spiro atoms. The van der Waals surface area contributed by atoms with Gasteiger partial charge in [0.2, 0.25) is 0 Å². The van der Waals surface area contributed by atoms with E-state index in [1.165, 1.54) is 0 Å². The minimum Gasteiger partial charge on any atom is -0.327 e. The molecule has 2 nitrogen and oxygen atoms in total. The van der Waals surface area contributed by atoms with Crippen molar-refractivity contribution in [3.05, 3.63) is 0 Å². The molecule has 15 heavy (non-hydrogen) atoms. The van der Waals surface area contributed by atoms with Gasteiger partial charge in [0, 0.05) is 19.1 Å². The van der Waals surface area contributed by atoms with Gasteiger partial charge in [0.25, 0.3) is 0 Å². The van der Waals surface area contributed by atoms with Crippen LogP contribution in [0.15, 0.2) is 0 Å². The van der Waals surface area contributed by atoms with E-state index in [4.69, 9.17) is 5.73 Å². The highest BCUT2D eigenvalue weighted by atomic mass is 19.4. The quantitative estimate of drug-likeness (QED) is 0.777. The molecule has 1 unspecified atom stereocenters. The lowest BCUT2D eigenvalue weighted by Crippen LogP contribution is -2.52. The molecule has 2 N–H and O–H groups in total. The molecule has 0 radical (unpaired) electrons. The highest BCUT2D eigenvalue weighted by molar-refractivity contribution is 4.89. The van der Waals surface area contributed by atoms with Crippen LogP contribution < -0.4 is 5.73 Å². The van der Waals surface area contributed by atoms with Gasteiger partial charge in [-0.2, -0.15) is 13.2 Å². The Labute approximate surface area is 88.6 Å². The first kappa shape index (κ1) is 12.8. The first-order valence-corrected chi connectivity index (χ1v) is 5.25. The summed E-state index contributed by atoms with van der Waals surface area (Å²) in [7, 11) is 0. The van der Waals surface area contributed by atoms with Crippen molar-refractivity contribution in [2.24, 2.45) is 11.1 Å². The second kappa shape index (κ2) is 4.29. The Bertz CT molecular complexity index is 213. The summed E-state index contributed by atoms with van der Waals surface area (Å²) in [5.41, 5.74) is 5.83. The van der Waals surface area contributed by atoms with E-state index in [1.54, 1.807) is 0 Å². The molecule has 90 valence electrons. The van der Waals surface area contributed by atoms with Crippen molar-refractivity contribution in [1.82, 2.24) is 4.90 Å². The molecule has 0 aromatic carbocycles. The van der Waals surface area contributed by atoms with Gasteiger partial charge in [-0.05, 0) is 18.4 Å². The van der Waals surface area contributed by atoms with Crippen molar-refractivity contribution in [1.29, 1.82) is 0 Å². The van der Waals surface area contributed by atoms with Crippen LogP contribution in [-0.2, 0) is 0 Å². The zero-order valence-electron chi connectivity index (χ0n) is 9.27. The van der Waals surface area contributed by atoms with Gasteiger partial charge < -0.3 is 10.6 Å². The maximum atomic E-state index is 12.0. The Morgan fingerprint density at radius 2 is 2.00 bits per heavy atom. The van der Waals surface area contributed by atoms with E-state index in [0.717, 1.165) is 6.42 Å². The van der Waals surface area contributed by atoms with Crippen LogP contribution in [0.25, 0.3) is 0 Å². The van der Waals surface area contributed by atoms with Crippen LogP contribution in [0.2, 0.25) is 0 Å². The van der Waals surface area contributed by atoms with Gasteiger partial charge in [0.1, 0.15) is 0 Å². The lowest BCUT2D eigenvalue weighted by molar-refractivity contribution is -0.139. The minimum absolute atomic E-state index is 0.0795. The SMILES string of the molecule is CC1(C)CN(CCC(F)(F)F)CCC1N. The predicted octanol–water partition coefficient (Wildman–Crippen LogP) is 2.00. The average Bonchev–Trinajstić information content (AvgIpc) is 2.06. The highest BCUT2D eigenvalue weighted by Crippen LogP contribution is 2.29. The number of likely N-dealkylation sites (tertiary alicyclic amines) is 1. The number of piperidine rings is 1. The Morgan fingerprint density at radius 1 is 1.40 bits per heavy atom. The summed E-state index contributed by atoms with van der Waals surface area (Å²) in [6, 6.07) is 0.0969. The van der Waals surface area contributed by atoms with Crippen molar-refractivity contribution >= 4 is 0 Å². The van der Waals surface area contributed by atoms with Crippen LogP contribution in [0.5, 0.6) is 0 Å². The van der Waals surface area contributed by atoms with E-state index >= 15 is 0 Å². The third-order valence-electron chi connectivity index (χ3n) is 3.10. The summed E-state index contributed by atoms with van der Waals surface area (Å²) >= 11 is 0. The molecule has 1 heterocycles. The van der Waals surface area contributed by atoms with Crippen LogP contribution in [-0.4, -0.2) is 36.8 Å². The van der Waals surface area contributed by atoms with E-state index in [2.05, 4.69) is 0 Å². The molecule has 0 bridgehead atoms. The summed E-state index contributed by atoms with van der Waals surface area (Å²) < 4.78 is 36.1. The van der Waals surface area contributed by atoms with Crippen molar-refractivity contribution in [3.63, 3.8) is 0 Å². The highest BCUT2D eigenvalue weighted by Gasteiger charge is 2.35. The number of halogens is 3. The van der Waals surface area contributed by atoms with Crippen LogP contribution in [0, 0.1) is 5.41 Å². The lowest BCUT2D eigenvalue weighted by Gasteiger charge is -2.42. The largest absolute Gasteiger partial charge is 0.390 e. The third kappa shape index (κ3) is 3.99. The Morgan fingerprint density at radius 3 is 2.47 bits per heavy atom. The van der Waals surface area contributed by atoms with Crippen LogP contribution in [0.1, 0.15) is 26.7 Å². The van der Waals surface area contributed by atoms with Gasteiger partial charge >= 0.3 is 6.18 Å². The van der Waals surface area contributed by atoms with E-state index in [1.807, 2.05) is 18.7 Å². The molecule has 0 aromatic rings. The van der Waals surface area contributed by atoms with Crippen molar-refractivity contribution < 1.29 is 13.2 Å². The van der Waals surface area contributed by atoms with Gasteiger partial charge in [0.15, 0.2) is 0 Å². The summed E-state index contributed by atoms with van der Waals surface area (Å²) in [4.78, 5) is 1.86. The van der Waals surface area contributed by atoms with Crippen LogP contribution in [0.3, 0.4) is 0 Å². The Balaban J connectivity index is 2.40. The number of nitrogens with two attached hydrogens (primary N) is 1. The molecule has 1 aliphatic heterocycles. The average molecular weight is 224 g/mol. The zero-order chi connectivity index (χ0) is 11.7. The molecule has 1 fully saturated rings. The smallest absolute Gasteiger partial charge is 0.327 e. The van der Waals surface area contributed by atoms with Crippen molar-refractivity contribution in [2.75, 3.05) is 19.6 Å². The molecule has 1 rings (SSSR count). The van der Waals surface area contributed by atoms with Gasteiger partial charge in [-0.3, -0.25) is 0 Å². The standard InChI is InChI=1S/C10H19F3N2/c1-9(2)7-15(5-3-8(9)14)6-4-10(11,12)13/h8H,3-7,14H2,1-2H3. The van der Waals surface area contributed by atoms with E-state index in [0.29, 0.717) is 13.1 Å². The first-order chi connectivity index (χ1) is 6.71.